The molecule has 4 aromatic carbocycles. The van der Waals surface area contributed by atoms with Crippen molar-refractivity contribution in [3.05, 3.63) is 139 Å². The maximum atomic E-state index is 12.5. The molecule has 20 nitrogen and oxygen atoms in total. The number of nitrogens with one attached hydrogen (secondary N) is 2. The second-order valence-corrected chi connectivity index (χ2v) is 17.3. The molecule has 402 valence electrons. The van der Waals surface area contributed by atoms with E-state index >= 15 is 0 Å². The molecule has 0 atom stereocenters. The van der Waals surface area contributed by atoms with Crippen molar-refractivity contribution in [3.63, 3.8) is 0 Å². The summed E-state index contributed by atoms with van der Waals surface area (Å²) in [4.78, 5) is 89.3. The fourth-order valence-electron chi connectivity index (χ4n) is 6.93. The zero-order valence-corrected chi connectivity index (χ0v) is 43.0. The Kier molecular flexibility index (Phi) is 31.6. The number of nitro benzene ring substituents is 2. The second-order valence-electron chi connectivity index (χ2n) is 16.4. The molecule has 0 saturated carbocycles. The number of aliphatic hydroxyl groups excluding tert-OH is 2. The van der Waals surface area contributed by atoms with Crippen LogP contribution in [0.3, 0.4) is 0 Å². The van der Waals surface area contributed by atoms with Gasteiger partial charge in [0.15, 0.2) is 0 Å². The fraction of sp³-hybridized carbons (Fsp3) is 0.423. The van der Waals surface area contributed by atoms with Gasteiger partial charge in [0.2, 0.25) is 10.5 Å². The first-order valence-corrected chi connectivity index (χ1v) is 24.5. The number of hydrogen-bond acceptors (Lipinski definition) is 16. The number of Topliss-reactive ketones (excluding diaryl/α,β-unsaturated/α-hetero) is 1. The van der Waals surface area contributed by atoms with Crippen LogP contribution < -0.4 is 10.6 Å². The maximum absolute atomic E-state index is 12.5. The largest absolute Gasteiger partial charge is 0.461 e. The van der Waals surface area contributed by atoms with Crippen molar-refractivity contribution in [2.24, 2.45) is 0 Å². The van der Waals surface area contributed by atoms with Gasteiger partial charge < -0.3 is 34.0 Å². The highest BCUT2D eigenvalue weighted by Crippen LogP contribution is 2.26. The minimum absolute atomic E-state index is 0.0469. The Labute approximate surface area is 439 Å². The molecule has 0 aliphatic carbocycles. The van der Waals surface area contributed by atoms with Gasteiger partial charge in [-0.2, -0.15) is 0 Å². The summed E-state index contributed by atoms with van der Waals surface area (Å²) in [6.45, 7) is 0.526. The number of ether oxygens (including phenoxy) is 4. The number of nitrogens with zero attached hydrogens (tertiary/aromatic N) is 2. The van der Waals surface area contributed by atoms with E-state index < -0.39 is 22.0 Å². The normalized spacial score (nSPS) is 10.4. The molecule has 0 unspecified atom stereocenters. The summed E-state index contributed by atoms with van der Waals surface area (Å²) in [5.74, 6) is -0.147. The SMILES string of the molecule is COCc1cccc(COC(=O)CCCCCCCC(C)=O)c1NC(=O)OCc1ccccc1[N+](=O)[O-].O=C(Cl)CCCCCCCC(=O)Cl.O=C(Nc1c(CO)cccc1CO)OCc1ccccc1[N+](=O)[O-]. The third kappa shape index (κ3) is 26.2. The molecule has 0 radical (unpaired) electrons. The predicted molar refractivity (Wildman–Crippen MR) is 276 cm³/mol. The van der Waals surface area contributed by atoms with Gasteiger partial charge in [-0.25, -0.2) is 9.59 Å². The zero-order chi connectivity index (χ0) is 54.7. The van der Waals surface area contributed by atoms with Crippen LogP contribution in [0.2, 0.25) is 0 Å². The van der Waals surface area contributed by atoms with Crippen molar-refractivity contribution in [1.29, 1.82) is 0 Å². The van der Waals surface area contributed by atoms with E-state index in [0.717, 1.165) is 57.8 Å². The number of para-hydroxylation sites is 4. The van der Waals surface area contributed by atoms with Crippen LogP contribution in [0.25, 0.3) is 0 Å². The molecule has 74 heavy (non-hydrogen) atoms. The Morgan fingerprint density at radius 1 is 0.486 bits per heavy atom. The van der Waals surface area contributed by atoms with Crippen molar-refractivity contribution >= 4 is 80.4 Å². The molecule has 0 fully saturated rings. The number of anilines is 2. The van der Waals surface area contributed by atoms with Crippen LogP contribution in [0.1, 0.15) is 130 Å². The van der Waals surface area contributed by atoms with Gasteiger partial charge in [-0.05, 0) is 67.9 Å². The number of methoxy groups -OCH3 is 1. The van der Waals surface area contributed by atoms with Gasteiger partial charge in [0, 0.05) is 67.2 Å². The number of aliphatic hydroxyl groups is 2. The average Bonchev–Trinajstić information content (AvgIpc) is 3.37. The summed E-state index contributed by atoms with van der Waals surface area (Å²) in [5, 5.41) is 45.3. The number of unbranched alkanes of at least 4 members (excludes halogenated alkanes) is 8. The molecule has 0 aliphatic rings. The van der Waals surface area contributed by atoms with Gasteiger partial charge >= 0.3 is 18.2 Å². The molecule has 4 N–H and O–H groups in total. The lowest BCUT2D eigenvalue weighted by Gasteiger charge is -2.16. The number of nitro groups is 2. The van der Waals surface area contributed by atoms with Crippen molar-refractivity contribution in [2.45, 2.75) is 136 Å². The van der Waals surface area contributed by atoms with E-state index in [1.165, 1.54) is 43.5 Å². The minimum atomic E-state index is -0.844. The van der Waals surface area contributed by atoms with E-state index in [1.807, 2.05) is 0 Å². The van der Waals surface area contributed by atoms with Crippen molar-refractivity contribution in [2.75, 3.05) is 17.7 Å². The van der Waals surface area contributed by atoms with Crippen LogP contribution in [0.4, 0.5) is 32.3 Å². The maximum Gasteiger partial charge on any atom is 0.411 e. The quantitative estimate of drug-likeness (QED) is 0.00942. The molecule has 0 spiro atoms. The first-order valence-electron chi connectivity index (χ1n) is 23.8. The first-order chi connectivity index (χ1) is 35.5. The molecule has 0 aliphatic heterocycles. The summed E-state index contributed by atoms with van der Waals surface area (Å²) in [6, 6.07) is 22.0. The van der Waals surface area contributed by atoms with E-state index in [4.69, 9.17) is 42.1 Å². The van der Waals surface area contributed by atoms with Gasteiger partial charge in [0.05, 0.1) is 52.2 Å². The molecule has 0 bridgehead atoms. The molecule has 4 rings (SSSR count). The van der Waals surface area contributed by atoms with E-state index in [1.54, 1.807) is 55.5 Å². The Morgan fingerprint density at radius 3 is 1.24 bits per heavy atom. The Balaban J connectivity index is 0.000000431. The molecule has 2 amide bonds. The van der Waals surface area contributed by atoms with Gasteiger partial charge in [-0.15, -0.1) is 0 Å². The number of benzene rings is 4. The summed E-state index contributed by atoms with van der Waals surface area (Å²) in [5.41, 5.74) is 2.96. The monoisotopic (exact) mass is 1070 g/mol. The van der Waals surface area contributed by atoms with Gasteiger partial charge in [0.1, 0.15) is 25.6 Å². The summed E-state index contributed by atoms with van der Waals surface area (Å²) < 4.78 is 20.9. The lowest BCUT2D eigenvalue weighted by Crippen LogP contribution is -2.17. The second kappa shape index (κ2) is 37.0. The third-order valence-electron chi connectivity index (χ3n) is 10.7. The van der Waals surface area contributed by atoms with Gasteiger partial charge in [-0.1, -0.05) is 99.2 Å². The highest BCUT2D eigenvalue weighted by atomic mass is 35.5. The van der Waals surface area contributed by atoms with E-state index in [9.17, 15) is 59.2 Å². The number of ketones is 1. The first kappa shape index (κ1) is 63.3. The number of halogens is 2. The van der Waals surface area contributed by atoms with E-state index in [-0.39, 0.29) is 96.5 Å². The van der Waals surface area contributed by atoms with E-state index in [0.29, 0.717) is 53.6 Å². The summed E-state index contributed by atoms with van der Waals surface area (Å²) in [7, 11) is 1.52. The van der Waals surface area contributed by atoms with Crippen molar-refractivity contribution < 1.29 is 67.8 Å². The van der Waals surface area contributed by atoms with Crippen LogP contribution in [0.5, 0.6) is 0 Å². The number of carbonyl (C=O) groups excluding carboxylic acids is 6. The Morgan fingerprint density at radius 2 is 0.838 bits per heavy atom. The van der Waals surface area contributed by atoms with Gasteiger partial charge in [0.25, 0.3) is 11.4 Å². The number of esters is 1. The molecule has 0 saturated heterocycles. The third-order valence-corrected chi connectivity index (χ3v) is 11.1. The van der Waals surface area contributed by atoms with Crippen LogP contribution in [0.15, 0.2) is 84.9 Å². The molecule has 4 aromatic rings. The highest BCUT2D eigenvalue weighted by Gasteiger charge is 2.19. The summed E-state index contributed by atoms with van der Waals surface area (Å²) in [6.07, 6.45) is 9.23. The van der Waals surface area contributed by atoms with Crippen LogP contribution >= 0.6 is 23.2 Å². The molecule has 22 heteroatoms. The summed E-state index contributed by atoms with van der Waals surface area (Å²) >= 11 is 10.3. The van der Waals surface area contributed by atoms with Gasteiger partial charge in [-0.3, -0.25) is 45.2 Å². The van der Waals surface area contributed by atoms with Crippen LogP contribution in [0, 0.1) is 20.2 Å². The van der Waals surface area contributed by atoms with Crippen molar-refractivity contribution in [1.82, 2.24) is 0 Å². The highest BCUT2D eigenvalue weighted by molar-refractivity contribution is 6.63. The molecular formula is C52H64Cl2N4O16. The molecular weight excluding hydrogens is 1010 g/mol. The lowest BCUT2D eigenvalue weighted by atomic mass is 10.1. The Hall–Kier alpha value is -6.84. The number of amides is 2. The topological polar surface area (TPSA) is 290 Å². The predicted octanol–water partition coefficient (Wildman–Crippen LogP) is 11.4. The van der Waals surface area contributed by atoms with Crippen LogP contribution in [-0.4, -0.2) is 61.6 Å². The smallest absolute Gasteiger partial charge is 0.411 e. The number of carbonyl (C=O) groups is 6. The van der Waals surface area contributed by atoms with Crippen LogP contribution in [-0.2, 0) is 77.8 Å². The van der Waals surface area contributed by atoms with Crippen molar-refractivity contribution in [3.8, 4) is 0 Å². The standard InChI is InChI=1S/C27H34N2O8.C16H16N2O6.C9H14Cl2O2/c1-20(30)11-6-4-3-5-7-16-25(31)36-19-23-14-10-13-22(17-35-2)26(23)28-27(32)37-18-21-12-8-9-15-24(21)29(33)34;19-8-11-5-3-6-12(9-20)15(11)17-16(21)24-10-13-4-1-2-7-14(13)18(22)23;10-8(12)6-4-2-1-3-5-7-9(11)13/h8-10,12-15H,3-7,11,16-19H2,1-2H3,(H,28,32);1-7,19-20H,8-10H2,(H,17,21);1-7H2. The molecule has 0 aromatic heterocycles. The average molecular weight is 1070 g/mol. The number of rotatable bonds is 30. The lowest BCUT2D eigenvalue weighted by molar-refractivity contribution is -0.386. The zero-order valence-electron chi connectivity index (χ0n) is 41.5. The fourth-order valence-corrected chi connectivity index (χ4v) is 7.20. The molecule has 0 heterocycles. The number of hydrogen-bond donors (Lipinski definition) is 4. The van der Waals surface area contributed by atoms with E-state index in [2.05, 4.69) is 10.6 Å². The Bertz CT molecular complexity index is 2410. The minimum Gasteiger partial charge on any atom is -0.461 e.